The van der Waals surface area contributed by atoms with Gasteiger partial charge in [0.25, 0.3) is 0 Å². The average Bonchev–Trinajstić information content (AvgIpc) is 2.96. The first-order valence-electron chi connectivity index (χ1n) is 8.29. The van der Waals surface area contributed by atoms with E-state index in [1.165, 1.54) is 12.1 Å². The molecule has 1 N–H and O–H groups in total. The lowest BCUT2D eigenvalue weighted by atomic mass is 10.1. The molecule has 0 saturated heterocycles. The molecule has 1 heterocycles. The van der Waals surface area contributed by atoms with Crippen molar-refractivity contribution in [1.82, 2.24) is 0 Å². The second-order valence-electron chi connectivity index (χ2n) is 5.94. The van der Waals surface area contributed by atoms with Gasteiger partial charge in [-0.05, 0) is 63.6 Å². The molecule has 1 aromatic heterocycles. The lowest BCUT2D eigenvalue weighted by Crippen LogP contribution is -2.23. The van der Waals surface area contributed by atoms with E-state index < -0.39 is 0 Å². The maximum atomic E-state index is 13.4. The van der Waals surface area contributed by atoms with Gasteiger partial charge >= 0.3 is 0 Å². The first-order chi connectivity index (χ1) is 12.0. The highest BCUT2D eigenvalue weighted by molar-refractivity contribution is 5.84. The molecule has 0 fully saturated rings. The minimum atomic E-state index is -0.335. The van der Waals surface area contributed by atoms with E-state index in [2.05, 4.69) is 0 Å². The van der Waals surface area contributed by atoms with Crippen LogP contribution in [0.2, 0.25) is 0 Å². The van der Waals surface area contributed by atoms with Gasteiger partial charge in [0.1, 0.15) is 17.1 Å². The third-order valence-corrected chi connectivity index (χ3v) is 4.34. The van der Waals surface area contributed by atoms with Crippen LogP contribution >= 0.6 is 0 Å². The molecule has 0 bridgehead atoms. The molecule has 4 heteroatoms. The fourth-order valence-corrected chi connectivity index (χ4v) is 3.09. The number of benzene rings is 2. The molecule has 0 radical (unpaired) electrons. The standard InChI is InChI=1S/C21H21FO3/c1-5-15-17-9-10-18(24-6-2)13(4)20(17)25-21(15)19(23)16-8-7-14(22)11-12(16)3/h5,7-11,23H,6H2,1-4H3/b15-5?,21-19-. The lowest BCUT2D eigenvalue weighted by molar-refractivity contribution is 0.337. The highest BCUT2D eigenvalue weighted by atomic mass is 19.1. The van der Waals surface area contributed by atoms with Crippen molar-refractivity contribution in [2.75, 3.05) is 6.61 Å². The van der Waals surface area contributed by atoms with Crippen molar-refractivity contribution < 1.29 is 18.7 Å². The van der Waals surface area contributed by atoms with Crippen LogP contribution in [0.3, 0.4) is 0 Å². The van der Waals surface area contributed by atoms with Crippen LogP contribution in [0.5, 0.6) is 5.75 Å². The van der Waals surface area contributed by atoms with E-state index in [4.69, 9.17) is 9.15 Å². The number of halogens is 1. The molecule has 3 nitrogen and oxygen atoms in total. The zero-order valence-electron chi connectivity index (χ0n) is 14.8. The van der Waals surface area contributed by atoms with Crippen LogP contribution in [0.25, 0.3) is 22.8 Å². The minimum absolute atomic E-state index is 0.000778. The van der Waals surface area contributed by atoms with Gasteiger partial charge in [0.05, 0.1) is 6.61 Å². The number of hydrogen-bond acceptors (Lipinski definition) is 3. The van der Waals surface area contributed by atoms with E-state index >= 15 is 0 Å². The van der Waals surface area contributed by atoms with Gasteiger partial charge in [-0.2, -0.15) is 0 Å². The predicted octanol–water partition coefficient (Wildman–Crippen LogP) is 4.10. The molecular weight excluding hydrogens is 319 g/mol. The van der Waals surface area contributed by atoms with Crippen LogP contribution in [-0.2, 0) is 0 Å². The SMILES string of the molecule is CC=c1/c(=C(/O)c2ccc(F)cc2C)oc2c(C)c(OCC)ccc12. The molecule has 0 aliphatic heterocycles. The fourth-order valence-electron chi connectivity index (χ4n) is 3.09. The summed E-state index contributed by atoms with van der Waals surface area (Å²) in [5.74, 6) is 0.424. The van der Waals surface area contributed by atoms with Crippen molar-refractivity contribution in [2.45, 2.75) is 27.7 Å². The summed E-state index contributed by atoms with van der Waals surface area (Å²) >= 11 is 0. The lowest BCUT2D eigenvalue weighted by Gasteiger charge is -2.06. The minimum Gasteiger partial charge on any atom is -0.504 e. The maximum Gasteiger partial charge on any atom is 0.177 e. The van der Waals surface area contributed by atoms with E-state index in [0.717, 1.165) is 21.9 Å². The second-order valence-corrected chi connectivity index (χ2v) is 5.94. The zero-order chi connectivity index (χ0) is 18.1. The summed E-state index contributed by atoms with van der Waals surface area (Å²) < 4.78 is 25.0. The van der Waals surface area contributed by atoms with Crippen molar-refractivity contribution in [3.63, 3.8) is 0 Å². The highest BCUT2D eigenvalue weighted by Crippen LogP contribution is 2.25. The Morgan fingerprint density at radius 1 is 1.24 bits per heavy atom. The largest absolute Gasteiger partial charge is 0.504 e. The Morgan fingerprint density at radius 2 is 2.00 bits per heavy atom. The molecule has 0 spiro atoms. The molecule has 130 valence electrons. The molecule has 0 aliphatic rings. The molecule has 2 aromatic carbocycles. The van der Waals surface area contributed by atoms with Crippen LogP contribution in [0.15, 0.2) is 34.7 Å². The van der Waals surface area contributed by atoms with Crippen LogP contribution < -0.4 is 15.4 Å². The predicted molar refractivity (Wildman–Crippen MR) is 97.8 cm³/mol. The summed E-state index contributed by atoms with van der Waals surface area (Å²) in [7, 11) is 0. The van der Waals surface area contributed by atoms with Gasteiger partial charge in [-0.25, -0.2) is 4.39 Å². The first kappa shape index (κ1) is 17.1. The Balaban J connectivity index is 2.38. The molecule has 25 heavy (non-hydrogen) atoms. The van der Waals surface area contributed by atoms with E-state index in [0.29, 0.717) is 28.7 Å². The third-order valence-electron chi connectivity index (χ3n) is 4.34. The number of hydrogen-bond donors (Lipinski definition) is 1. The number of ether oxygens (including phenoxy) is 1. The summed E-state index contributed by atoms with van der Waals surface area (Å²) in [6.07, 6.45) is 1.90. The summed E-state index contributed by atoms with van der Waals surface area (Å²) in [5, 5.41) is 12.5. The summed E-state index contributed by atoms with van der Waals surface area (Å²) in [6, 6.07) is 8.12. The molecule has 0 aliphatic carbocycles. The molecule has 3 rings (SSSR count). The number of aliphatic hydroxyl groups is 1. The molecule has 0 unspecified atom stereocenters. The van der Waals surface area contributed by atoms with Crippen LogP contribution in [-0.4, -0.2) is 11.7 Å². The van der Waals surface area contributed by atoms with Crippen LogP contribution in [0.1, 0.15) is 30.5 Å². The molecule has 0 saturated carbocycles. The number of aryl methyl sites for hydroxylation is 2. The quantitative estimate of drug-likeness (QED) is 0.780. The van der Waals surface area contributed by atoms with Crippen molar-refractivity contribution in [3.05, 3.63) is 63.5 Å². The van der Waals surface area contributed by atoms with Crippen molar-refractivity contribution in [2.24, 2.45) is 0 Å². The Hall–Kier alpha value is -2.75. The van der Waals surface area contributed by atoms with E-state index in [1.807, 2.05) is 39.0 Å². The normalized spacial score (nSPS) is 13.4. The van der Waals surface area contributed by atoms with Gasteiger partial charge < -0.3 is 14.3 Å². The topological polar surface area (TPSA) is 42.6 Å². The highest BCUT2D eigenvalue weighted by Gasteiger charge is 2.14. The van der Waals surface area contributed by atoms with Crippen LogP contribution in [0.4, 0.5) is 4.39 Å². The van der Waals surface area contributed by atoms with E-state index in [9.17, 15) is 9.50 Å². The average molecular weight is 340 g/mol. The molecule has 0 atom stereocenters. The molecule has 3 aromatic rings. The number of aliphatic hydroxyl groups excluding tert-OH is 1. The van der Waals surface area contributed by atoms with E-state index in [1.54, 1.807) is 13.0 Å². The van der Waals surface area contributed by atoms with Gasteiger partial charge in [0.15, 0.2) is 11.2 Å². The van der Waals surface area contributed by atoms with Gasteiger partial charge in [0.2, 0.25) is 0 Å². The smallest absolute Gasteiger partial charge is 0.177 e. The van der Waals surface area contributed by atoms with Crippen molar-refractivity contribution in [1.29, 1.82) is 0 Å². The molecular formula is C21H21FO3. The Labute approximate surface area is 145 Å². The van der Waals surface area contributed by atoms with Gasteiger partial charge in [-0.3, -0.25) is 0 Å². The monoisotopic (exact) mass is 340 g/mol. The van der Waals surface area contributed by atoms with Crippen LogP contribution in [0, 0.1) is 19.7 Å². The number of fused-ring (bicyclic) bond motifs is 1. The number of rotatable bonds is 3. The summed E-state index contributed by atoms with van der Waals surface area (Å²) in [5.41, 5.74) is 3.14. The summed E-state index contributed by atoms with van der Waals surface area (Å²) in [6.45, 7) is 8.08. The van der Waals surface area contributed by atoms with E-state index in [-0.39, 0.29) is 11.6 Å². The van der Waals surface area contributed by atoms with Gasteiger partial charge in [-0.15, -0.1) is 0 Å². The second kappa shape index (κ2) is 6.63. The summed E-state index contributed by atoms with van der Waals surface area (Å²) in [4.78, 5) is 0. The van der Waals surface area contributed by atoms with Gasteiger partial charge in [-0.1, -0.05) is 6.08 Å². The van der Waals surface area contributed by atoms with Crippen molar-refractivity contribution >= 4 is 22.8 Å². The number of furan rings is 1. The maximum absolute atomic E-state index is 13.4. The van der Waals surface area contributed by atoms with Gasteiger partial charge in [0, 0.05) is 21.7 Å². The third kappa shape index (κ3) is 2.88. The van der Waals surface area contributed by atoms with Crippen molar-refractivity contribution in [3.8, 4) is 5.75 Å². The molecule has 0 amide bonds. The Bertz CT molecular complexity index is 1060. The fraction of sp³-hybridized carbons (Fsp3) is 0.238. The Kier molecular flexibility index (Phi) is 4.53. The zero-order valence-corrected chi connectivity index (χ0v) is 14.8. The Morgan fingerprint density at radius 3 is 2.64 bits per heavy atom. The first-order valence-corrected chi connectivity index (χ1v) is 8.29.